The molecule has 0 bridgehead atoms. The molecule has 8 heteroatoms. The molecule has 21 heavy (non-hydrogen) atoms. The Morgan fingerprint density at radius 1 is 1.10 bits per heavy atom. The van der Waals surface area contributed by atoms with Crippen molar-refractivity contribution in [1.29, 1.82) is 0 Å². The van der Waals surface area contributed by atoms with Crippen molar-refractivity contribution in [3.63, 3.8) is 0 Å². The largest absolute Gasteiger partial charge is 0.377 e. The van der Waals surface area contributed by atoms with Crippen LogP contribution in [0.1, 0.15) is 19.3 Å². The maximum absolute atomic E-state index is 11.4. The molecule has 0 rings (SSSR count). The summed E-state index contributed by atoms with van der Waals surface area (Å²) in [7, 11) is 0. The second-order valence-corrected chi connectivity index (χ2v) is 4.38. The molecule has 0 fully saturated rings. The van der Waals surface area contributed by atoms with Crippen LogP contribution in [-0.2, 0) is 23.9 Å². The van der Waals surface area contributed by atoms with Gasteiger partial charge < -0.3 is 30.6 Å². The molecule has 0 saturated heterocycles. The standard InChI is InChI=1S/C13H25N3O5/c14-12(9-17)3-1-2-4-16-13(19)10-21-8-7-20-6-5-15-11-18/h9,11-12H,1-8,10,14H2,(H,15,18)(H,16,19)/t12-/m0/s1. The Morgan fingerprint density at radius 3 is 2.57 bits per heavy atom. The number of hydrogen-bond acceptors (Lipinski definition) is 6. The molecule has 0 saturated carbocycles. The lowest BCUT2D eigenvalue weighted by molar-refractivity contribution is -0.126. The van der Waals surface area contributed by atoms with Gasteiger partial charge in [0.15, 0.2) is 0 Å². The predicted molar refractivity (Wildman–Crippen MR) is 76.6 cm³/mol. The highest BCUT2D eigenvalue weighted by Crippen LogP contribution is 1.95. The number of aldehydes is 1. The molecule has 0 aromatic heterocycles. The second-order valence-electron chi connectivity index (χ2n) is 4.38. The van der Waals surface area contributed by atoms with E-state index in [4.69, 9.17) is 15.2 Å². The summed E-state index contributed by atoms with van der Waals surface area (Å²) in [5, 5.41) is 5.17. The summed E-state index contributed by atoms with van der Waals surface area (Å²) in [6, 6.07) is -0.411. The van der Waals surface area contributed by atoms with Crippen LogP contribution in [-0.4, -0.2) is 64.2 Å². The number of ether oxygens (including phenoxy) is 2. The van der Waals surface area contributed by atoms with E-state index in [0.717, 1.165) is 19.1 Å². The van der Waals surface area contributed by atoms with Gasteiger partial charge in [-0.3, -0.25) is 9.59 Å². The van der Waals surface area contributed by atoms with Gasteiger partial charge in [-0.2, -0.15) is 0 Å². The third-order valence-corrected chi connectivity index (χ3v) is 2.54. The average molecular weight is 303 g/mol. The highest BCUT2D eigenvalue weighted by molar-refractivity contribution is 5.77. The van der Waals surface area contributed by atoms with Crippen molar-refractivity contribution < 1.29 is 23.9 Å². The Kier molecular flexibility index (Phi) is 13.8. The van der Waals surface area contributed by atoms with Crippen LogP contribution in [0.4, 0.5) is 0 Å². The zero-order chi connectivity index (χ0) is 15.8. The zero-order valence-corrected chi connectivity index (χ0v) is 12.2. The Hall–Kier alpha value is -1.51. The first-order valence-corrected chi connectivity index (χ1v) is 7.00. The van der Waals surface area contributed by atoms with Crippen LogP contribution in [0.25, 0.3) is 0 Å². The van der Waals surface area contributed by atoms with Crippen LogP contribution in [0, 0.1) is 0 Å². The molecule has 0 radical (unpaired) electrons. The number of nitrogens with two attached hydrogens (primary N) is 1. The smallest absolute Gasteiger partial charge is 0.245 e. The fourth-order valence-corrected chi connectivity index (χ4v) is 1.43. The molecule has 122 valence electrons. The molecule has 8 nitrogen and oxygen atoms in total. The SMILES string of the molecule is N[C@H](C=O)CCCCNC(=O)COCCOCCNC=O. The Bertz CT molecular complexity index is 289. The quantitative estimate of drug-likeness (QED) is 0.252. The molecule has 0 heterocycles. The van der Waals surface area contributed by atoms with Crippen LogP contribution in [0.2, 0.25) is 0 Å². The number of nitrogens with one attached hydrogen (secondary N) is 2. The summed E-state index contributed by atoms with van der Waals surface area (Å²) in [4.78, 5) is 31.6. The summed E-state index contributed by atoms with van der Waals surface area (Å²) in [6.45, 7) is 2.10. The van der Waals surface area contributed by atoms with Gasteiger partial charge in [0.1, 0.15) is 12.9 Å². The van der Waals surface area contributed by atoms with Gasteiger partial charge in [0, 0.05) is 13.1 Å². The summed E-state index contributed by atoms with van der Waals surface area (Å²) >= 11 is 0. The van der Waals surface area contributed by atoms with Gasteiger partial charge in [-0.25, -0.2) is 0 Å². The second kappa shape index (κ2) is 14.9. The van der Waals surface area contributed by atoms with Crippen molar-refractivity contribution in [3.05, 3.63) is 0 Å². The average Bonchev–Trinajstić information content (AvgIpc) is 2.49. The molecular weight excluding hydrogens is 278 g/mol. The van der Waals surface area contributed by atoms with Crippen molar-refractivity contribution in [2.24, 2.45) is 5.73 Å². The maximum Gasteiger partial charge on any atom is 0.245 e. The minimum absolute atomic E-state index is 0.0101. The first kappa shape index (κ1) is 19.5. The van der Waals surface area contributed by atoms with Crippen molar-refractivity contribution >= 4 is 18.6 Å². The van der Waals surface area contributed by atoms with Crippen LogP contribution < -0.4 is 16.4 Å². The molecular formula is C13H25N3O5. The number of carbonyl (C=O) groups excluding carboxylic acids is 3. The number of amides is 2. The Labute approximate surface area is 124 Å². The molecule has 0 spiro atoms. The number of rotatable bonds is 15. The lowest BCUT2D eigenvalue weighted by Gasteiger charge is -2.07. The zero-order valence-electron chi connectivity index (χ0n) is 12.2. The minimum Gasteiger partial charge on any atom is -0.377 e. The Balaban J connectivity index is 3.23. The van der Waals surface area contributed by atoms with Crippen LogP contribution in [0.15, 0.2) is 0 Å². The van der Waals surface area contributed by atoms with Crippen LogP contribution >= 0.6 is 0 Å². The number of unbranched alkanes of at least 4 members (excludes halogenated alkanes) is 1. The van der Waals surface area contributed by atoms with Crippen LogP contribution in [0.3, 0.4) is 0 Å². The summed E-state index contributed by atoms with van der Waals surface area (Å²) in [5.74, 6) is -0.183. The van der Waals surface area contributed by atoms with E-state index in [2.05, 4.69) is 10.6 Å². The summed E-state index contributed by atoms with van der Waals surface area (Å²) in [6.07, 6.45) is 3.54. The van der Waals surface area contributed by atoms with E-state index in [9.17, 15) is 14.4 Å². The molecule has 0 aliphatic heterocycles. The highest BCUT2D eigenvalue weighted by atomic mass is 16.5. The fraction of sp³-hybridized carbons (Fsp3) is 0.769. The minimum atomic E-state index is -0.411. The van der Waals surface area contributed by atoms with Gasteiger partial charge >= 0.3 is 0 Å². The monoisotopic (exact) mass is 303 g/mol. The lowest BCUT2D eigenvalue weighted by Crippen LogP contribution is -2.29. The van der Waals surface area contributed by atoms with E-state index in [1.54, 1.807) is 0 Å². The van der Waals surface area contributed by atoms with Crippen LogP contribution in [0.5, 0.6) is 0 Å². The third kappa shape index (κ3) is 14.7. The number of carbonyl (C=O) groups is 3. The topological polar surface area (TPSA) is 120 Å². The van der Waals surface area contributed by atoms with Crippen molar-refractivity contribution in [2.45, 2.75) is 25.3 Å². The van der Waals surface area contributed by atoms with Gasteiger partial charge in [-0.05, 0) is 19.3 Å². The highest BCUT2D eigenvalue weighted by Gasteiger charge is 2.02. The molecule has 0 aliphatic carbocycles. The van der Waals surface area contributed by atoms with Crippen molar-refractivity contribution in [1.82, 2.24) is 10.6 Å². The fourth-order valence-electron chi connectivity index (χ4n) is 1.43. The van der Waals surface area contributed by atoms with Gasteiger partial charge in [0.2, 0.25) is 12.3 Å². The van der Waals surface area contributed by atoms with Gasteiger partial charge in [-0.15, -0.1) is 0 Å². The maximum atomic E-state index is 11.4. The summed E-state index contributed by atoms with van der Waals surface area (Å²) in [5.41, 5.74) is 5.44. The summed E-state index contributed by atoms with van der Waals surface area (Å²) < 4.78 is 10.3. The number of hydrogen-bond donors (Lipinski definition) is 3. The third-order valence-electron chi connectivity index (χ3n) is 2.54. The van der Waals surface area contributed by atoms with E-state index in [-0.39, 0.29) is 12.5 Å². The van der Waals surface area contributed by atoms with Gasteiger partial charge in [-0.1, -0.05) is 0 Å². The normalized spacial score (nSPS) is 11.7. The Morgan fingerprint density at radius 2 is 1.86 bits per heavy atom. The molecule has 2 amide bonds. The lowest BCUT2D eigenvalue weighted by atomic mass is 10.1. The first-order valence-electron chi connectivity index (χ1n) is 7.00. The van der Waals surface area contributed by atoms with Gasteiger partial charge in [0.05, 0.1) is 25.9 Å². The van der Waals surface area contributed by atoms with Crippen molar-refractivity contribution in [3.8, 4) is 0 Å². The molecule has 1 atom stereocenters. The molecule has 0 aromatic carbocycles. The molecule has 4 N–H and O–H groups in total. The molecule has 0 aromatic rings. The molecule has 0 unspecified atom stereocenters. The van der Waals surface area contributed by atoms with E-state index < -0.39 is 6.04 Å². The van der Waals surface area contributed by atoms with Gasteiger partial charge in [0.25, 0.3) is 0 Å². The first-order chi connectivity index (χ1) is 10.2. The van der Waals surface area contributed by atoms with E-state index in [1.165, 1.54) is 0 Å². The van der Waals surface area contributed by atoms with E-state index in [1.807, 2.05) is 0 Å². The van der Waals surface area contributed by atoms with E-state index in [0.29, 0.717) is 45.7 Å². The predicted octanol–water partition coefficient (Wildman–Crippen LogP) is -1.42. The van der Waals surface area contributed by atoms with E-state index >= 15 is 0 Å². The molecule has 0 aliphatic rings. The van der Waals surface area contributed by atoms with Crippen molar-refractivity contribution in [2.75, 3.05) is 39.5 Å².